The van der Waals surface area contributed by atoms with E-state index in [1.165, 1.54) is 12.1 Å². The summed E-state index contributed by atoms with van der Waals surface area (Å²) >= 11 is 0. The van der Waals surface area contributed by atoms with Crippen LogP contribution in [0.3, 0.4) is 0 Å². The molecule has 2 rings (SSSR count). The summed E-state index contributed by atoms with van der Waals surface area (Å²) in [5.74, 6) is -0.446. The average Bonchev–Trinajstić information content (AvgIpc) is 2.80. The Morgan fingerprint density at radius 2 is 2.14 bits per heavy atom. The number of amides is 3. The first-order valence-electron chi connectivity index (χ1n) is 7.11. The molecule has 7 heteroatoms. The summed E-state index contributed by atoms with van der Waals surface area (Å²) in [6.07, 6.45) is 0.226. The molecular formula is C15H20FN3O3. The molecule has 0 aromatic heterocycles. The Morgan fingerprint density at radius 3 is 2.77 bits per heavy atom. The van der Waals surface area contributed by atoms with Gasteiger partial charge in [-0.2, -0.15) is 0 Å². The number of carbonyl (C=O) groups is 2. The van der Waals surface area contributed by atoms with Crippen molar-refractivity contribution in [2.75, 3.05) is 25.2 Å². The number of nitrogens with zero attached hydrogens (tertiary/aromatic N) is 1. The lowest BCUT2D eigenvalue weighted by molar-refractivity contribution is -0.117. The maximum Gasteiger partial charge on any atom is 0.315 e. The van der Waals surface area contributed by atoms with Gasteiger partial charge in [0.05, 0.1) is 18.7 Å². The minimum absolute atomic E-state index is 0.0955. The highest BCUT2D eigenvalue weighted by Gasteiger charge is 2.31. The number of ether oxygens (including phenoxy) is 1. The first-order chi connectivity index (χ1) is 10.5. The Kier molecular flexibility index (Phi) is 5.32. The molecule has 6 nitrogen and oxygen atoms in total. The number of urea groups is 1. The molecular weight excluding hydrogens is 289 g/mol. The number of nitrogens with one attached hydrogen (secondary N) is 2. The second-order valence-corrected chi connectivity index (χ2v) is 5.36. The predicted octanol–water partition coefficient (Wildman–Crippen LogP) is 1.27. The van der Waals surface area contributed by atoms with Crippen molar-refractivity contribution in [1.29, 1.82) is 0 Å². The van der Waals surface area contributed by atoms with Crippen molar-refractivity contribution < 1.29 is 18.7 Å². The van der Waals surface area contributed by atoms with E-state index in [1.807, 2.05) is 6.92 Å². The maximum absolute atomic E-state index is 12.9. The summed E-state index contributed by atoms with van der Waals surface area (Å²) in [5.41, 5.74) is 0.629. The molecule has 2 N–H and O–H groups in total. The predicted molar refractivity (Wildman–Crippen MR) is 80.2 cm³/mol. The molecule has 1 aliphatic heterocycles. The van der Waals surface area contributed by atoms with Crippen LogP contribution in [0.15, 0.2) is 24.3 Å². The third kappa shape index (κ3) is 4.17. The van der Waals surface area contributed by atoms with Gasteiger partial charge in [-0.1, -0.05) is 0 Å². The fourth-order valence-electron chi connectivity index (χ4n) is 2.42. The zero-order chi connectivity index (χ0) is 16.1. The first kappa shape index (κ1) is 16.2. The molecule has 0 bridgehead atoms. The highest BCUT2D eigenvalue weighted by Crippen LogP contribution is 2.21. The lowest BCUT2D eigenvalue weighted by Crippen LogP contribution is -2.47. The molecule has 0 radical (unpaired) electrons. The van der Waals surface area contributed by atoms with Crippen molar-refractivity contribution in [2.45, 2.75) is 25.4 Å². The number of hydrogen-bond donors (Lipinski definition) is 2. The van der Waals surface area contributed by atoms with Gasteiger partial charge in [0.1, 0.15) is 5.82 Å². The van der Waals surface area contributed by atoms with Crippen molar-refractivity contribution in [3.8, 4) is 0 Å². The third-order valence-electron chi connectivity index (χ3n) is 3.39. The van der Waals surface area contributed by atoms with Crippen LogP contribution in [0.1, 0.15) is 13.3 Å². The van der Waals surface area contributed by atoms with Crippen LogP contribution in [0.25, 0.3) is 0 Å². The van der Waals surface area contributed by atoms with Gasteiger partial charge in [0, 0.05) is 25.8 Å². The van der Waals surface area contributed by atoms with Gasteiger partial charge in [-0.25, -0.2) is 9.18 Å². The van der Waals surface area contributed by atoms with E-state index in [2.05, 4.69) is 10.6 Å². The summed E-state index contributed by atoms with van der Waals surface area (Å²) in [6.45, 7) is 2.61. The Morgan fingerprint density at radius 1 is 1.45 bits per heavy atom. The zero-order valence-electron chi connectivity index (χ0n) is 12.6. The number of methoxy groups -OCH3 is 1. The molecule has 0 spiro atoms. The minimum atomic E-state index is -0.350. The Balaban J connectivity index is 1.89. The van der Waals surface area contributed by atoms with Gasteiger partial charge >= 0.3 is 6.03 Å². The lowest BCUT2D eigenvalue weighted by Gasteiger charge is -2.18. The van der Waals surface area contributed by atoms with E-state index in [4.69, 9.17) is 4.74 Å². The van der Waals surface area contributed by atoms with Crippen LogP contribution in [0, 0.1) is 5.82 Å². The van der Waals surface area contributed by atoms with Crippen LogP contribution in [0.5, 0.6) is 0 Å². The molecule has 1 heterocycles. The number of halogens is 1. The van der Waals surface area contributed by atoms with E-state index in [-0.39, 0.29) is 36.3 Å². The molecule has 0 aliphatic carbocycles. The number of benzene rings is 1. The number of hydrogen-bond acceptors (Lipinski definition) is 3. The summed E-state index contributed by atoms with van der Waals surface area (Å²) in [6, 6.07) is 5.00. The fourth-order valence-corrected chi connectivity index (χ4v) is 2.42. The van der Waals surface area contributed by atoms with E-state index >= 15 is 0 Å². The highest BCUT2D eigenvalue weighted by atomic mass is 19.1. The molecule has 22 heavy (non-hydrogen) atoms. The van der Waals surface area contributed by atoms with Crippen LogP contribution in [-0.2, 0) is 9.53 Å². The van der Waals surface area contributed by atoms with Crippen LogP contribution in [-0.4, -0.2) is 44.3 Å². The topological polar surface area (TPSA) is 70.7 Å². The number of rotatable bonds is 5. The van der Waals surface area contributed by atoms with Crippen LogP contribution < -0.4 is 15.5 Å². The van der Waals surface area contributed by atoms with Crippen LogP contribution in [0.2, 0.25) is 0 Å². The largest absolute Gasteiger partial charge is 0.383 e. The summed E-state index contributed by atoms with van der Waals surface area (Å²) < 4.78 is 17.9. The molecule has 1 aromatic rings. The fraction of sp³-hybridized carbons (Fsp3) is 0.467. The van der Waals surface area contributed by atoms with Gasteiger partial charge in [-0.05, 0) is 31.2 Å². The molecule has 0 saturated carbocycles. The zero-order valence-corrected chi connectivity index (χ0v) is 12.6. The normalized spacial score (nSPS) is 19.1. The van der Waals surface area contributed by atoms with Crippen molar-refractivity contribution in [1.82, 2.24) is 10.6 Å². The smallest absolute Gasteiger partial charge is 0.315 e. The Labute approximate surface area is 128 Å². The van der Waals surface area contributed by atoms with Gasteiger partial charge in [0.15, 0.2) is 0 Å². The van der Waals surface area contributed by atoms with E-state index in [0.29, 0.717) is 18.8 Å². The highest BCUT2D eigenvalue weighted by molar-refractivity contribution is 5.96. The monoisotopic (exact) mass is 309 g/mol. The number of carbonyl (C=O) groups excluding carboxylic acids is 2. The second-order valence-electron chi connectivity index (χ2n) is 5.36. The van der Waals surface area contributed by atoms with E-state index in [1.54, 1.807) is 24.1 Å². The van der Waals surface area contributed by atoms with Crippen molar-refractivity contribution in [3.63, 3.8) is 0 Å². The van der Waals surface area contributed by atoms with E-state index in [9.17, 15) is 14.0 Å². The van der Waals surface area contributed by atoms with Gasteiger partial charge in [-0.3, -0.25) is 4.79 Å². The second kappa shape index (κ2) is 7.22. The summed E-state index contributed by atoms with van der Waals surface area (Å²) in [7, 11) is 1.56. The molecule has 1 aromatic carbocycles. The molecule has 1 aliphatic rings. The molecule has 0 unspecified atom stereocenters. The van der Waals surface area contributed by atoms with Crippen molar-refractivity contribution >= 4 is 17.6 Å². The third-order valence-corrected chi connectivity index (χ3v) is 3.39. The van der Waals surface area contributed by atoms with Crippen LogP contribution in [0.4, 0.5) is 14.9 Å². The van der Waals surface area contributed by atoms with E-state index < -0.39 is 0 Å². The average molecular weight is 309 g/mol. The Hall–Kier alpha value is -2.15. The van der Waals surface area contributed by atoms with Gasteiger partial charge in [0.25, 0.3) is 0 Å². The maximum atomic E-state index is 12.9. The lowest BCUT2D eigenvalue weighted by atomic mass is 10.2. The quantitative estimate of drug-likeness (QED) is 0.860. The van der Waals surface area contributed by atoms with Crippen molar-refractivity contribution in [3.05, 3.63) is 30.1 Å². The van der Waals surface area contributed by atoms with Gasteiger partial charge in [0.2, 0.25) is 5.91 Å². The van der Waals surface area contributed by atoms with Gasteiger partial charge in [-0.15, -0.1) is 0 Å². The first-order valence-corrected chi connectivity index (χ1v) is 7.11. The van der Waals surface area contributed by atoms with Crippen LogP contribution >= 0.6 is 0 Å². The molecule has 120 valence electrons. The minimum Gasteiger partial charge on any atom is -0.383 e. The molecule has 3 amide bonds. The van der Waals surface area contributed by atoms with Gasteiger partial charge < -0.3 is 20.3 Å². The standard InChI is InChI=1S/C15H20FN3O3/c1-10(9-22-2)17-15(21)18-12-7-14(20)19(8-12)13-5-3-11(16)4-6-13/h3-6,10,12H,7-9H2,1-2H3,(H2,17,18,21)/t10-,12+/m0/s1. The number of anilines is 1. The molecule has 1 saturated heterocycles. The SMILES string of the molecule is COC[C@H](C)NC(=O)N[C@@H]1CC(=O)N(c2ccc(F)cc2)C1. The summed E-state index contributed by atoms with van der Waals surface area (Å²) in [4.78, 5) is 25.4. The summed E-state index contributed by atoms with van der Waals surface area (Å²) in [5, 5.41) is 5.50. The van der Waals surface area contributed by atoms with Crippen molar-refractivity contribution in [2.24, 2.45) is 0 Å². The molecule has 1 fully saturated rings. The Bertz CT molecular complexity index is 535. The van der Waals surface area contributed by atoms with E-state index in [0.717, 1.165) is 0 Å². The molecule has 2 atom stereocenters.